The molecule has 1 saturated heterocycles. The fourth-order valence-corrected chi connectivity index (χ4v) is 3.59. The van der Waals surface area contributed by atoms with Gasteiger partial charge in [-0.3, -0.25) is 9.69 Å². The first-order valence-corrected chi connectivity index (χ1v) is 8.98. The van der Waals surface area contributed by atoms with E-state index in [4.69, 9.17) is 4.74 Å². The molecule has 6 nitrogen and oxygen atoms in total. The van der Waals surface area contributed by atoms with E-state index in [1.54, 1.807) is 0 Å². The van der Waals surface area contributed by atoms with Crippen LogP contribution >= 0.6 is 0 Å². The molecule has 2 aliphatic heterocycles. The molecule has 4 rings (SSSR count). The topological polar surface area (TPSA) is 61.5 Å². The first-order chi connectivity index (χ1) is 12.2. The van der Waals surface area contributed by atoms with E-state index in [1.807, 2.05) is 36.1 Å². The fourth-order valence-electron chi connectivity index (χ4n) is 3.59. The highest BCUT2D eigenvalue weighted by molar-refractivity contribution is 5.94. The number of aromatic nitrogens is 2. The lowest BCUT2D eigenvalue weighted by atomic mass is 10.1. The van der Waals surface area contributed by atoms with Gasteiger partial charge in [0, 0.05) is 26.2 Å². The van der Waals surface area contributed by atoms with Gasteiger partial charge in [0.05, 0.1) is 29.8 Å². The number of imidazole rings is 1. The van der Waals surface area contributed by atoms with E-state index in [-0.39, 0.29) is 5.91 Å². The van der Waals surface area contributed by atoms with Crippen molar-refractivity contribution in [3.63, 3.8) is 0 Å². The Morgan fingerprint density at radius 2 is 2.04 bits per heavy atom. The quantitative estimate of drug-likeness (QED) is 0.931. The van der Waals surface area contributed by atoms with Gasteiger partial charge in [0.15, 0.2) is 0 Å². The van der Waals surface area contributed by atoms with Gasteiger partial charge < -0.3 is 14.6 Å². The lowest BCUT2D eigenvalue weighted by molar-refractivity contribution is -0.129. The number of carbonyl (C=O) groups is 1. The van der Waals surface area contributed by atoms with Gasteiger partial charge >= 0.3 is 0 Å². The van der Waals surface area contributed by atoms with E-state index in [0.29, 0.717) is 0 Å². The normalized spacial score (nSPS) is 19.3. The van der Waals surface area contributed by atoms with E-state index >= 15 is 0 Å². The molecule has 0 saturated carbocycles. The Bertz CT molecular complexity index is 770. The number of aromatic amines is 1. The third-order valence-corrected chi connectivity index (χ3v) is 5.04. The summed E-state index contributed by atoms with van der Waals surface area (Å²) in [6, 6.07) is 8.09. The van der Waals surface area contributed by atoms with Crippen molar-refractivity contribution in [2.24, 2.45) is 0 Å². The fraction of sp³-hybridized carbons (Fsp3) is 0.474. The summed E-state index contributed by atoms with van der Waals surface area (Å²) >= 11 is 0. The van der Waals surface area contributed by atoms with E-state index in [1.165, 1.54) is 0 Å². The number of benzene rings is 1. The summed E-state index contributed by atoms with van der Waals surface area (Å²) in [5.41, 5.74) is 2.94. The van der Waals surface area contributed by atoms with Crippen molar-refractivity contribution < 1.29 is 9.53 Å². The van der Waals surface area contributed by atoms with Crippen molar-refractivity contribution in [1.29, 1.82) is 0 Å². The zero-order valence-corrected chi connectivity index (χ0v) is 14.6. The summed E-state index contributed by atoms with van der Waals surface area (Å²) in [5.74, 6) is 1.95. The third-order valence-electron chi connectivity index (χ3n) is 5.04. The molecule has 25 heavy (non-hydrogen) atoms. The second-order valence-corrected chi connectivity index (χ2v) is 6.76. The smallest absolute Gasteiger partial charge is 0.253 e. The molecule has 0 unspecified atom stereocenters. The lowest BCUT2D eigenvalue weighted by Gasteiger charge is -2.35. The van der Waals surface area contributed by atoms with Gasteiger partial charge in [0.1, 0.15) is 11.6 Å². The monoisotopic (exact) mass is 340 g/mol. The van der Waals surface area contributed by atoms with Crippen molar-refractivity contribution in [1.82, 2.24) is 19.8 Å². The van der Waals surface area contributed by atoms with Gasteiger partial charge in [-0.1, -0.05) is 12.1 Å². The van der Waals surface area contributed by atoms with Crippen LogP contribution in [0.4, 0.5) is 0 Å². The number of hydrogen-bond acceptors (Lipinski definition) is 4. The SMILES string of the molecule is CC1=C(C(=O)N2CCN(Cc3nc4ccccc4[nH]3)CC2)CCCO1. The second kappa shape index (κ2) is 6.88. The Morgan fingerprint density at radius 3 is 2.80 bits per heavy atom. The molecule has 0 spiro atoms. The highest BCUT2D eigenvalue weighted by Gasteiger charge is 2.26. The van der Waals surface area contributed by atoms with Gasteiger partial charge in [-0.15, -0.1) is 0 Å². The van der Waals surface area contributed by atoms with Crippen molar-refractivity contribution in [3.8, 4) is 0 Å². The van der Waals surface area contributed by atoms with Crippen molar-refractivity contribution in [2.75, 3.05) is 32.8 Å². The predicted molar refractivity (Wildman–Crippen MR) is 95.8 cm³/mol. The van der Waals surface area contributed by atoms with E-state index < -0.39 is 0 Å². The molecule has 1 aromatic carbocycles. The van der Waals surface area contributed by atoms with Crippen LogP contribution in [-0.2, 0) is 16.1 Å². The van der Waals surface area contributed by atoms with E-state index in [2.05, 4.69) is 14.9 Å². The lowest BCUT2D eigenvalue weighted by Crippen LogP contribution is -2.49. The molecule has 3 heterocycles. The minimum Gasteiger partial charge on any atom is -0.498 e. The highest BCUT2D eigenvalue weighted by Crippen LogP contribution is 2.22. The molecule has 0 radical (unpaired) electrons. The van der Waals surface area contributed by atoms with Crippen LogP contribution in [0.2, 0.25) is 0 Å². The minimum absolute atomic E-state index is 0.153. The zero-order chi connectivity index (χ0) is 17.2. The van der Waals surface area contributed by atoms with Crippen LogP contribution in [-0.4, -0.2) is 58.5 Å². The first kappa shape index (κ1) is 16.1. The molecule has 1 N–H and O–H groups in total. The molecule has 1 fully saturated rings. The summed E-state index contributed by atoms with van der Waals surface area (Å²) in [6.45, 7) is 6.69. The molecule has 0 bridgehead atoms. The van der Waals surface area contributed by atoms with Gasteiger partial charge in [-0.2, -0.15) is 0 Å². The number of rotatable bonds is 3. The number of fused-ring (bicyclic) bond motifs is 1. The predicted octanol–water partition coefficient (Wildman–Crippen LogP) is 2.29. The number of nitrogens with one attached hydrogen (secondary N) is 1. The van der Waals surface area contributed by atoms with Crippen molar-refractivity contribution >= 4 is 16.9 Å². The highest BCUT2D eigenvalue weighted by atomic mass is 16.5. The van der Waals surface area contributed by atoms with Crippen LogP contribution in [0.1, 0.15) is 25.6 Å². The number of hydrogen-bond donors (Lipinski definition) is 1. The summed E-state index contributed by atoms with van der Waals surface area (Å²) in [6.07, 6.45) is 1.77. The molecule has 1 aromatic heterocycles. The maximum atomic E-state index is 12.7. The summed E-state index contributed by atoms with van der Waals surface area (Å²) < 4.78 is 5.54. The largest absolute Gasteiger partial charge is 0.498 e. The van der Waals surface area contributed by atoms with E-state index in [0.717, 1.165) is 80.4 Å². The Balaban J connectivity index is 1.35. The molecular formula is C19H24N4O2. The minimum atomic E-state index is 0.153. The summed E-state index contributed by atoms with van der Waals surface area (Å²) in [7, 11) is 0. The van der Waals surface area contributed by atoms with Crippen LogP contribution in [0, 0.1) is 0 Å². The molecule has 0 atom stereocenters. The summed E-state index contributed by atoms with van der Waals surface area (Å²) in [4.78, 5) is 25.0. The number of amides is 1. The van der Waals surface area contributed by atoms with Crippen molar-refractivity contribution in [2.45, 2.75) is 26.3 Å². The van der Waals surface area contributed by atoms with E-state index in [9.17, 15) is 4.79 Å². The maximum Gasteiger partial charge on any atom is 0.253 e. The molecule has 1 amide bonds. The molecule has 6 heteroatoms. The maximum absolute atomic E-state index is 12.7. The van der Waals surface area contributed by atoms with Crippen LogP contribution in [0.3, 0.4) is 0 Å². The Kier molecular flexibility index (Phi) is 4.44. The van der Waals surface area contributed by atoms with Crippen LogP contribution in [0.25, 0.3) is 11.0 Å². The Morgan fingerprint density at radius 1 is 1.24 bits per heavy atom. The average molecular weight is 340 g/mol. The van der Waals surface area contributed by atoms with Gasteiger partial charge in [0.2, 0.25) is 0 Å². The number of nitrogens with zero attached hydrogens (tertiary/aromatic N) is 3. The second-order valence-electron chi connectivity index (χ2n) is 6.76. The number of H-pyrrole nitrogens is 1. The van der Waals surface area contributed by atoms with Gasteiger partial charge in [0.25, 0.3) is 5.91 Å². The van der Waals surface area contributed by atoms with Gasteiger partial charge in [-0.25, -0.2) is 4.98 Å². The summed E-state index contributed by atoms with van der Waals surface area (Å²) in [5, 5.41) is 0. The number of carbonyl (C=O) groups excluding carboxylic acids is 1. The Hall–Kier alpha value is -2.34. The van der Waals surface area contributed by atoms with Crippen LogP contribution in [0.15, 0.2) is 35.6 Å². The molecule has 132 valence electrons. The molecule has 2 aromatic rings. The zero-order valence-electron chi connectivity index (χ0n) is 14.6. The van der Waals surface area contributed by atoms with Crippen LogP contribution in [0.5, 0.6) is 0 Å². The number of para-hydroxylation sites is 2. The standard InChI is InChI=1S/C19H24N4O2/c1-14-15(5-4-12-25-14)19(24)23-10-8-22(9-11-23)13-18-20-16-6-2-3-7-17(16)21-18/h2-3,6-7H,4-5,8-13H2,1H3,(H,20,21). The Labute approximate surface area is 147 Å². The third kappa shape index (κ3) is 3.39. The van der Waals surface area contributed by atoms with Crippen molar-refractivity contribution in [3.05, 3.63) is 41.4 Å². The number of allylic oxidation sites excluding steroid dienone is 1. The number of ether oxygens (including phenoxy) is 1. The first-order valence-electron chi connectivity index (χ1n) is 8.98. The molecule has 2 aliphatic rings. The molecule has 0 aliphatic carbocycles. The average Bonchev–Trinajstić information content (AvgIpc) is 3.04. The number of piperazine rings is 1. The molecular weight excluding hydrogens is 316 g/mol. The van der Waals surface area contributed by atoms with Crippen LogP contribution < -0.4 is 0 Å². The van der Waals surface area contributed by atoms with Gasteiger partial charge in [-0.05, 0) is 31.9 Å².